The normalized spacial score (nSPS) is 9.80. The van der Waals surface area contributed by atoms with Gasteiger partial charge in [0, 0.05) is 31.9 Å². The van der Waals surface area contributed by atoms with Crippen molar-refractivity contribution < 1.29 is 19.5 Å². The van der Waals surface area contributed by atoms with Gasteiger partial charge in [-0.25, -0.2) is 0 Å². The molecule has 0 atom stereocenters. The molecule has 0 aliphatic rings. The molecular weight excluding hydrogens is 271 g/mol. The summed E-state index contributed by atoms with van der Waals surface area (Å²) in [5, 5.41) is 0. The summed E-state index contributed by atoms with van der Waals surface area (Å²) in [4.78, 5) is 2.86. The van der Waals surface area contributed by atoms with Gasteiger partial charge in [-0.3, -0.25) is 0 Å². The molecule has 0 aliphatic heterocycles. The van der Waals surface area contributed by atoms with Gasteiger partial charge in [-0.05, 0) is 24.6 Å². The molecule has 2 heteroatoms. The number of aromatic nitrogens is 1. The fraction of sp³-hybridized carbons (Fsp3) is 0.0769. The topological polar surface area (TPSA) is 15.8 Å². The minimum Gasteiger partial charge on any atom is -0.368 e. The van der Waals surface area contributed by atoms with Gasteiger partial charge in [0.2, 0.25) is 0 Å². The molecule has 1 aromatic rings. The predicted octanol–water partition coefficient (Wildman–Crippen LogP) is 3.87. The fourth-order valence-electron chi connectivity index (χ4n) is 0.739. The zero-order valence-electron chi connectivity index (χ0n) is 8.96. The minimum absolute atomic E-state index is 0. The van der Waals surface area contributed by atoms with Crippen LogP contribution in [-0.2, 0) is 19.5 Å². The van der Waals surface area contributed by atoms with Crippen molar-refractivity contribution in [1.82, 2.24) is 4.98 Å². The van der Waals surface area contributed by atoms with E-state index in [1.165, 1.54) is 0 Å². The Hall–Kier alpha value is -1.14. The maximum absolute atomic E-state index is 3.63. The first kappa shape index (κ1) is 16.3. The summed E-state index contributed by atoms with van der Waals surface area (Å²) in [6.07, 6.45) is 13.1. The third kappa shape index (κ3) is 10.8. The van der Waals surface area contributed by atoms with E-state index in [2.05, 4.69) is 18.1 Å². The Kier molecular flexibility index (Phi) is 14.0. The standard InChI is InChI=1S/C9H12.C4H5N.Ru/c1-4-7-8-9(5-2)6-3;1-2-4-5-3-1;/h4-8H,1-2H2,3H3;1-5H;. The van der Waals surface area contributed by atoms with Crippen LogP contribution in [0, 0.1) is 0 Å². The van der Waals surface area contributed by atoms with Crippen molar-refractivity contribution in [2.45, 2.75) is 6.92 Å². The molecule has 1 aromatic heterocycles. The van der Waals surface area contributed by atoms with E-state index in [1.807, 2.05) is 49.7 Å². The molecule has 1 heterocycles. The Labute approximate surface area is 105 Å². The molecule has 1 nitrogen and oxygen atoms in total. The van der Waals surface area contributed by atoms with Crippen LogP contribution >= 0.6 is 0 Å². The van der Waals surface area contributed by atoms with Gasteiger partial charge in [0.25, 0.3) is 0 Å². The number of H-pyrrole nitrogens is 1. The van der Waals surface area contributed by atoms with E-state index in [4.69, 9.17) is 0 Å². The number of allylic oxidation sites excluding steroid dienone is 6. The molecule has 0 saturated carbocycles. The third-order valence-corrected chi connectivity index (χ3v) is 1.49. The number of rotatable bonds is 3. The molecule has 0 spiro atoms. The van der Waals surface area contributed by atoms with E-state index in [9.17, 15) is 0 Å². The summed E-state index contributed by atoms with van der Waals surface area (Å²) < 4.78 is 0. The second kappa shape index (κ2) is 12.9. The Morgan fingerprint density at radius 3 is 2.07 bits per heavy atom. The van der Waals surface area contributed by atoms with Gasteiger partial charge in [-0.2, -0.15) is 0 Å². The van der Waals surface area contributed by atoms with Gasteiger partial charge >= 0.3 is 0 Å². The van der Waals surface area contributed by atoms with E-state index in [-0.39, 0.29) is 19.5 Å². The number of hydrogen-bond acceptors (Lipinski definition) is 0. The van der Waals surface area contributed by atoms with Gasteiger partial charge in [-0.1, -0.05) is 43.5 Å². The maximum atomic E-state index is 3.63. The van der Waals surface area contributed by atoms with Gasteiger partial charge < -0.3 is 4.98 Å². The van der Waals surface area contributed by atoms with Crippen molar-refractivity contribution in [3.05, 3.63) is 73.6 Å². The minimum atomic E-state index is 0. The molecule has 1 rings (SSSR count). The Morgan fingerprint density at radius 2 is 1.80 bits per heavy atom. The van der Waals surface area contributed by atoms with Crippen LogP contribution in [0.4, 0.5) is 0 Å². The predicted molar refractivity (Wildman–Crippen MR) is 64.1 cm³/mol. The van der Waals surface area contributed by atoms with Crippen molar-refractivity contribution in [3.8, 4) is 0 Å². The summed E-state index contributed by atoms with van der Waals surface area (Å²) in [6, 6.07) is 3.89. The van der Waals surface area contributed by atoms with Crippen LogP contribution in [-0.4, -0.2) is 4.98 Å². The Bertz CT molecular complexity index is 277. The zero-order chi connectivity index (χ0) is 10.6. The largest absolute Gasteiger partial charge is 0.368 e. The van der Waals surface area contributed by atoms with Gasteiger partial charge in [-0.15, -0.1) is 0 Å². The van der Waals surface area contributed by atoms with Crippen molar-refractivity contribution in [2.75, 3.05) is 0 Å². The first-order valence-corrected chi connectivity index (χ1v) is 4.50. The summed E-state index contributed by atoms with van der Waals surface area (Å²) in [5.74, 6) is 0. The Morgan fingerprint density at radius 1 is 1.20 bits per heavy atom. The van der Waals surface area contributed by atoms with Crippen molar-refractivity contribution in [3.63, 3.8) is 0 Å². The molecule has 0 saturated heterocycles. The number of aromatic amines is 1. The zero-order valence-corrected chi connectivity index (χ0v) is 10.7. The molecular formula is C13H17NRu. The van der Waals surface area contributed by atoms with Crippen LogP contribution in [0.2, 0.25) is 0 Å². The van der Waals surface area contributed by atoms with E-state index >= 15 is 0 Å². The van der Waals surface area contributed by atoms with Crippen molar-refractivity contribution in [2.24, 2.45) is 0 Å². The first-order chi connectivity index (χ1) is 6.85. The smallest absolute Gasteiger partial charge is 0.000496 e. The molecule has 1 N–H and O–H groups in total. The summed E-state index contributed by atoms with van der Waals surface area (Å²) >= 11 is 0. The average Bonchev–Trinajstić information content (AvgIpc) is 2.78. The second-order valence-corrected chi connectivity index (χ2v) is 2.47. The van der Waals surface area contributed by atoms with Crippen molar-refractivity contribution in [1.29, 1.82) is 0 Å². The van der Waals surface area contributed by atoms with Gasteiger partial charge in [0.1, 0.15) is 0 Å². The van der Waals surface area contributed by atoms with Crippen LogP contribution in [0.15, 0.2) is 73.6 Å². The van der Waals surface area contributed by atoms with E-state index in [1.54, 1.807) is 12.2 Å². The summed E-state index contributed by atoms with van der Waals surface area (Å²) in [6.45, 7) is 9.16. The third-order valence-electron chi connectivity index (χ3n) is 1.49. The van der Waals surface area contributed by atoms with Crippen LogP contribution in [0.1, 0.15) is 6.92 Å². The quantitative estimate of drug-likeness (QED) is 0.642. The van der Waals surface area contributed by atoms with Crippen LogP contribution in [0.25, 0.3) is 0 Å². The molecule has 0 aliphatic carbocycles. The number of hydrogen-bond donors (Lipinski definition) is 1. The molecule has 82 valence electrons. The van der Waals surface area contributed by atoms with Crippen LogP contribution in [0.3, 0.4) is 0 Å². The SMILES string of the molecule is C=CC=CC(C=C)=CC.[Ru].c1cc[nH]c1. The van der Waals surface area contributed by atoms with Gasteiger partial charge in [0.15, 0.2) is 0 Å². The fourth-order valence-corrected chi connectivity index (χ4v) is 0.739. The second-order valence-electron chi connectivity index (χ2n) is 2.47. The average molecular weight is 288 g/mol. The molecule has 0 amide bonds. The van der Waals surface area contributed by atoms with E-state index in [0.717, 1.165) is 5.57 Å². The molecule has 0 fully saturated rings. The van der Waals surface area contributed by atoms with Crippen LogP contribution < -0.4 is 0 Å². The summed E-state index contributed by atoms with van der Waals surface area (Å²) in [5.41, 5.74) is 1.12. The van der Waals surface area contributed by atoms with Crippen molar-refractivity contribution >= 4 is 0 Å². The molecule has 15 heavy (non-hydrogen) atoms. The number of nitrogens with one attached hydrogen (secondary N) is 1. The van der Waals surface area contributed by atoms with E-state index < -0.39 is 0 Å². The molecule has 0 aromatic carbocycles. The first-order valence-electron chi connectivity index (χ1n) is 4.50. The monoisotopic (exact) mass is 289 g/mol. The van der Waals surface area contributed by atoms with E-state index in [0.29, 0.717) is 0 Å². The molecule has 0 radical (unpaired) electrons. The maximum Gasteiger partial charge on any atom is 0.000496 e. The molecule has 0 unspecified atom stereocenters. The summed E-state index contributed by atoms with van der Waals surface area (Å²) in [7, 11) is 0. The Balaban J connectivity index is 0. The van der Waals surface area contributed by atoms with Gasteiger partial charge in [0.05, 0.1) is 0 Å². The van der Waals surface area contributed by atoms with Crippen LogP contribution in [0.5, 0.6) is 0 Å². The molecule has 0 bridgehead atoms.